The quantitative estimate of drug-likeness (QED) is 0.587. The van der Waals surface area contributed by atoms with E-state index in [2.05, 4.69) is 58.5 Å². The first-order valence-electron chi connectivity index (χ1n) is 12.1. The fraction of sp³-hybridized carbons (Fsp3) is 0.500. The monoisotopic (exact) mass is 433 g/mol. The zero-order chi connectivity index (χ0) is 22.1. The molecule has 0 radical (unpaired) electrons. The highest BCUT2D eigenvalue weighted by atomic mass is 16.1. The van der Waals surface area contributed by atoms with Crippen LogP contribution in [0.2, 0.25) is 0 Å². The summed E-state index contributed by atoms with van der Waals surface area (Å²) in [6, 6.07) is 15.2. The van der Waals surface area contributed by atoms with Crippen LogP contribution in [0.5, 0.6) is 0 Å². The molecule has 6 heteroatoms. The summed E-state index contributed by atoms with van der Waals surface area (Å²) in [7, 11) is 4.32. The number of fused-ring (bicyclic) bond motifs is 1. The maximum absolute atomic E-state index is 12.9. The normalized spacial score (nSPS) is 19.8. The van der Waals surface area contributed by atoms with Crippen LogP contribution in [0.4, 0.5) is 17.1 Å². The number of H-pyrrole nitrogens is 1. The molecule has 2 fully saturated rings. The van der Waals surface area contributed by atoms with Crippen molar-refractivity contribution in [2.75, 3.05) is 37.4 Å². The Bertz CT molecular complexity index is 1110. The van der Waals surface area contributed by atoms with E-state index in [9.17, 15) is 4.79 Å². The number of hydrogen-bond donors (Lipinski definition) is 2. The smallest absolute Gasteiger partial charge is 0.326 e. The standard InChI is InChI=1S/C26H35N5O/c1-29(2)21-13-14-30(18-21)24-16-25-23(15-22(24)27-20-11-7-4-8-12-20)28-26(32)31(25)17-19-9-5-3-6-10-19/h4,7-8,11-12,15-16,19,21,27H,3,5-6,9-10,13-14,17-18H2,1-2H3,(H,28,32). The van der Waals surface area contributed by atoms with Gasteiger partial charge in [0, 0.05) is 31.4 Å². The third kappa shape index (κ3) is 4.29. The van der Waals surface area contributed by atoms with Gasteiger partial charge in [-0.1, -0.05) is 37.5 Å². The number of likely N-dealkylation sites (N-methyl/N-ethyl adjacent to an activating group) is 1. The minimum Gasteiger partial charge on any atom is -0.368 e. The third-order valence-electron chi connectivity index (χ3n) is 7.34. The van der Waals surface area contributed by atoms with Crippen LogP contribution in [-0.2, 0) is 6.54 Å². The number of anilines is 3. The second kappa shape index (κ2) is 9.02. The highest BCUT2D eigenvalue weighted by Crippen LogP contribution is 2.36. The van der Waals surface area contributed by atoms with Crippen molar-refractivity contribution >= 4 is 28.1 Å². The number of para-hydroxylation sites is 1. The van der Waals surface area contributed by atoms with Gasteiger partial charge in [0.2, 0.25) is 0 Å². The van der Waals surface area contributed by atoms with Gasteiger partial charge in [-0.25, -0.2) is 4.79 Å². The van der Waals surface area contributed by atoms with E-state index in [1.165, 1.54) is 37.8 Å². The van der Waals surface area contributed by atoms with E-state index in [1.807, 2.05) is 22.8 Å². The molecule has 1 saturated carbocycles. The molecule has 1 aliphatic carbocycles. The molecule has 1 aliphatic heterocycles. The Morgan fingerprint density at radius 1 is 1.06 bits per heavy atom. The number of imidazole rings is 1. The Hall–Kier alpha value is -2.73. The van der Waals surface area contributed by atoms with Gasteiger partial charge in [0.05, 0.1) is 22.4 Å². The zero-order valence-corrected chi connectivity index (χ0v) is 19.3. The van der Waals surface area contributed by atoms with Crippen molar-refractivity contribution in [1.29, 1.82) is 0 Å². The summed E-state index contributed by atoms with van der Waals surface area (Å²) in [6.45, 7) is 2.85. The largest absolute Gasteiger partial charge is 0.368 e. The van der Waals surface area contributed by atoms with Gasteiger partial charge in [-0.3, -0.25) is 4.57 Å². The summed E-state index contributed by atoms with van der Waals surface area (Å²) in [4.78, 5) is 20.8. The number of hydrogen-bond acceptors (Lipinski definition) is 4. The number of aromatic amines is 1. The topological polar surface area (TPSA) is 56.3 Å². The summed E-state index contributed by atoms with van der Waals surface area (Å²) in [5.41, 5.74) is 5.25. The predicted octanol–water partition coefficient (Wildman–Crippen LogP) is 4.79. The Balaban J connectivity index is 1.54. The maximum Gasteiger partial charge on any atom is 0.326 e. The van der Waals surface area contributed by atoms with Crippen molar-refractivity contribution in [1.82, 2.24) is 14.5 Å². The van der Waals surface area contributed by atoms with Gasteiger partial charge < -0.3 is 20.1 Å². The van der Waals surface area contributed by atoms with Crippen LogP contribution in [0, 0.1) is 5.92 Å². The van der Waals surface area contributed by atoms with Crippen LogP contribution in [-0.4, -0.2) is 47.7 Å². The third-order valence-corrected chi connectivity index (χ3v) is 7.34. The van der Waals surface area contributed by atoms with Crippen molar-refractivity contribution in [2.24, 2.45) is 5.92 Å². The average Bonchev–Trinajstić information content (AvgIpc) is 3.40. The molecule has 5 rings (SSSR count). The number of benzene rings is 2. The fourth-order valence-electron chi connectivity index (χ4n) is 5.42. The van der Waals surface area contributed by atoms with Gasteiger partial charge >= 0.3 is 5.69 Å². The van der Waals surface area contributed by atoms with Crippen LogP contribution < -0.4 is 15.9 Å². The summed E-state index contributed by atoms with van der Waals surface area (Å²) in [5, 5.41) is 3.61. The van der Waals surface area contributed by atoms with Crippen LogP contribution in [0.25, 0.3) is 11.0 Å². The lowest BCUT2D eigenvalue weighted by Crippen LogP contribution is -2.31. The highest BCUT2D eigenvalue weighted by molar-refractivity contribution is 5.90. The fourth-order valence-corrected chi connectivity index (χ4v) is 5.42. The Kier molecular flexibility index (Phi) is 5.96. The molecule has 32 heavy (non-hydrogen) atoms. The van der Waals surface area contributed by atoms with Crippen molar-refractivity contribution in [3.05, 3.63) is 52.9 Å². The lowest BCUT2D eigenvalue weighted by Gasteiger charge is -2.25. The molecule has 3 aromatic rings. The molecule has 2 N–H and O–H groups in total. The number of nitrogens with one attached hydrogen (secondary N) is 2. The van der Waals surface area contributed by atoms with E-state index in [1.54, 1.807) is 0 Å². The second-order valence-electron chi connectivity index (χ2n) is 9.77. The van der Waals surface area contributed by atoms with Crippen LogP contribution in [0.15, 0.2) is 47.3 Å². The summed E-state index contributed by atoms with van der Waals surface area (Å²) in [5.74, 6) is 0.607. The van der Waals surface area contributed by atoms with E-state index in [0.717, 1.165) is 48.5 Å². The van der Waals surface area contributed by atoms with Crippen molar-refractivity contribution in [2.45, 2.75) is 51.1 Å². The first-order valence-corrected chi connectivity index (χ1v) is 12.1. The van der Waals surface area contributed by atoms with Crippen LogP contribution >= 0.6 is 0 Å². The molecular formula is C26H35N5O. The molecule has 2 heterocycles. The average molecular weight is 434 g/mol. The van der Waals surface area contributed by atoms with Gasteiger partial charge in [0.1, 0.15) is 0 Å². The summed E-state index contributed by atoms with van der Waals surface area (Å²) < 4.78 is 1.99. The van der Waals surface area contributed by atoms with Gasteiger partial charge in [0.25, 0.3) is 0 Å². The molecular weight excluding hydrogens is 398 g/mol. The molecule has 1 aromatic heterocycles. The van der Waals surface area contributed by atoms with E-state index in [-0.39, 0.29) is 5.69 Å². The lowest BCUT2D eigenvalue weighted by molar-refractivity contribution is 0.315. The molecule has 0 amide bonds. The minimum absolute atomic E-state index is 0.0148. The molecule has 0 bridgehead atoms. The Morgan fingerprint density at radius 2 is 1.84 bits per heavy atom. The SMILES string of the molecule is CN(C)C1CCN(c2cc3c(cc2Nc2ccccc2)[nH]c(=O)n3CC2CCCCC2)C1. The molecule has 6 nitrogen and oxygen atoms in total. The van der Waals surface area contributed by atoms with Crippen molar-refractivity contribution < 1.29 is 0 Å². The van der Waals surface area contributed by atoms with E-state index < -0.39 is 0 Å². The second-order valence-corrected chi connectivity index (χ2v) is 9.77. The molecule has 1 atom stereocenters. The molecule has 1 unspecified atom stereocenters. The van der Waals surface area contributed by atoms with Crippen molar-refractivity contribution in [3.8, 4) is 0 Å². The van der Waals surface area contributed by atoms with E-state index in [0.29, 0.717) is 12.0 Å². The van der Waals surface area contributed by atoms with E-state index >= 15 is 0 Å². The molecule has 2 aliphatic rings. The molecule has 170 valence electrons. The Morgan fingerprint density at radius 3 is 2.56 bits per heavy atom. The van der Waals surface area contributed by atoms with Gasteiger partial charge in [-0.05, 0) is 63.5 Å². The number of rotatable bonds is 6. The summed E-state index contributed by atoms with van der Waals surface area (Å²) >= 11 is 0. The molecule has 2 aromatic carbocycles. The highest BCUT2D eigenvalue weighted by Gasteiger charge is 2.27. The number of aromatic nitrogens is 2. The van der Waals surface area contributed by atoms with Crippen LogP contribution in [0.3, 0.4) is 0 Å². The van der Waals surface area contributed by atoms with E-state index in [4.69, 9.17) is 0 Å². The molecule has 1 saturated heterocycles. The van der Waals surface area contributed by atoms with Gasteiger partial charge in [-0.15, -0.1) is 0 Å². The first kappa shape index (κ1) is 21.1. The summed E-state index contributed by atoms with van der Waals surface area (Å²) in [6.07, 6.45) is 7.53. The number of nitrogens with zero attached hydrogens (tertiary/aromatic N) is 3. The maximum atomic E-state index is 12.9. The van der Waals surface area contributed by atoms with Gasteiger partial charge in [-0.2, -0.15) is 0 Å². The minimum atomic E-state index is 0.0148. The Labute approximate surface area is 190 Å². The van der Waals surface area contributed by atoms with Gasteiger partial charge in [0.15, 0.2) is 0 Å². The first-order chi connectivity index (χ1) is 15.6. The zero-order valence-electron chi connectivity index (χ0n) is 19.3. The molecule has 0 spiro atoms. The predicted molar refractivity (Wildman–Crippen MR) is 133 cm³/mol. The van der Waals surface area contributed by atoms with Crippen LogP contribution in [0.1, 0.15) is 38.5 Å². The van der Waals surface area contributed by atoms with Crippen molar-refractivity contribution in [3.63, 3.8) is 0 Å². The lowest BCUT2D eigenvalue weighted by atomic mass is 9.89.